The lowest BCUT2D eigenvalue weighted by Crippen LogP contribution is -2.29. The van der Waals surface area contributed by atoms with Crippen molar-refractivity contribution in [2.24, 2.45) is 0 Å². The number of benzene rings is 1. The second-order valence-electron chi connectivity index (χ2n) is 4.17. The van der Waals surface area contributed by atoms with Crippen molar-refractivity contribution in [3.8, 4) is 0 Å². The van der Waals surface area contributed by atoms with Crippen molar-refractivity contribution in [3.05, 3.63) is 33.0 Å². The average molecular weight is 307 g/mol. The molecule has 0 aliphatic carbocycles. The van der Waals surface area contributed by atoms with Gasteiger partial charge >= 0.3 is 0 Å². The molecule has 0 N–H and O–H groups in total. The highest BCUT2D eigenvalue weighted by atomic mass is 79.9. The third-order valence-electron chi connectivity index (χ3n) is 2.96. The van der Waals surface area contributed by atoms with E-state index in [4.69, 9.17) is 11.6 Å². The fourth-order valence-electron chi connectivity index (χ4n) is 2.05. The molecule has 1 fully saturated rings. The molecular formula is C12H14BrClFN. The van der Waals surface area contributed by atoms with Gasteiger partial charge in [-0.05, 0) is 47.9 Å². The highest BCUT2D eigenvalue weighted by Crippen LogP contribution is 2.28. The molecule has 4 heteroatoms. The molecule has 0 amide bonds. The molecule has 1 nitrogen and oxygen atoms in total. The van der Waals surface area contributed by atoms with Crippen LogP contribution in [-0.2, 0) is 6.54 Å². The molecule has 2 rings (SSSR count). The van der Waals surface area contributed by atoms with Crippen molar-refractivity contribution in [1.29, 1.82) is 0 Å². The molecule has 88 valence electrons. The minimum Gasteiger partial charge on any atom is -0.299 e. The predicted molar refractivity (Wildman–Crippen MR) is 68.2 cm³/mol. The van der Waals surface area contributed by atoms with Gasteiger partial charge in [-0.1, -0.05) is 24.1 Å². The summed E-state index contributed by atoms with van der Waals surface area (Å²) in [5.74, 6) is -0.290. The second kappa shape index (κ2) is 5.48. The molecule has 1 saturated heterocycles. The van der Waals surface area contributed by atoms with Crippen molar-refractivity contribution < 1.29 is 4.39 Å². The van der Waals surface area contributed by atoms with E-state index in [1.807, 2.05) is 6.07 Å². The van der Waals surface area contributed by atoms with Gasteiger partial charge in [0.2, 0.25) is 0 Å². The van der Waals surface area contributed by atoms with Gasteiger partial charge in [0.1, 0.15) is 5.82 Å². The van der Waals surface area contributed by atoms with E-state index in [2.05, 4.69) is 20.8 Å². The molecule has 1 aromatic rings. The molecule has 0 spiro atoms. The summed E-state index contributed by atoms with van der Waals surface area (Å²) in [4.78, 5) is 2.28. The Labute approximate surface area is 109 Å². The van der Waals surface area contributed by atoms with Gasteiger partial charge in [-0.3, -0.25) is 4.90 Å². The molecule has 0 radical (unpaired) electrons. The Morgan fingerprint density at radius 2 is 1.94 bits per heavy atom. The highest BCUT2D eigenvalue weighted by molar-refractivity contribution is 9.10. The summed E-state index contributed by atoms with van der Waals surface area (Å²) < 4.78 is 14.4. The van der Waals surface area contributed by atoms with Crippen molar-refractivity contribution in [2.45, 2.75) is 25.8 Å². The van der Waals surface area contributed by atoms with Crippen molar-refractivity contribution in [3.63, 3.8) is 0 Å². The summed E-state index contributed by atoms with van der Waals surface area (Å²) in [6.07, 6.45) is 3.72. The minimum atomic E-state index is -0.290. The number of piperidine rings is 1. The summed E-state index contributed by atoms with van der Waals surface area (Å²) in [5, 5.41) is 0.189. The number of halogens is 3. The van der Waals surface area contributed by atoms with Crippen LogP contribution in [0.15, 0.2) is 16.6 Å². The molecule has 16 heavy (non-hydrogen) atoms. The standard InChI is InChI=1S/C12H14BrClFN/c13-10-5-4-9(12(15)11(10)14)8-16-6-2-1-3-7-16/h4-5H,1-3,6-8H2. The van der Waals surface area contributed by atoms with Gasteiger partial charge in [-0.2, -0.15) is 0 Å². The van der Waals surface area contributed by atoms with Crippen LogP contribution >= 0.6 is 27.5 Å². The number of rotatable bonds is 2. The fourth-order valence-corrected chi connectivity index (χ4v) is 2.54. The van der Waals surface area contributed by atoms with Crippen LogP contribution in [0.25, 0.3) is 0 Å². The van der Waals surface area contributed by atoms with Crippen LogP contribution in [0, 0.1) is 5.82 Å². The topological polar surface area (TPSA) is 3.24 Å². The van der Waals surface area contributed by atoms with E-state index in [-0.39, 0.29) is 10.8 Å². The van der Waals surface area contributed by atoms with Gasteiger partial charge < -0.3 is 0 Å². The molecule has 1 aromatic carbocycles. The van der Waals surface area contributed by atoms with Gasteiger partial charge in [0.05, 0.1) is 5.02 Å². The zero-order valence-corrected chi connectivity index (χ0v) is 11.3. The number of likely N-dealkylation sites (tertiary alicyclic amines) is 1. The third-order valence-corrected chi connectivity index (χ3v) is 4.22. The smallest absolute Gasteiger partial charge is 0.147 e. The van der Waals surface area contributed by atoms with Crippen LogP contribution in [0.1, 0.15) is 24.8 Å². The van der Waals surface area contributed by atoms with E-state index in [0.717, 1.165) is 13.1 Å². The van der Waals surface area contributed by atoms with Crippen LogP contribution < -0.4 is 0 Å². The molecule has 1 aliphatic heterocycles. The largest absolute Gasteiger partial charge is 0.299 e. The normalized spacial score (nSPS) is 17.7. The van der Waals surface area contributed by atoms with Crippen LogP contribution in [-0.4, -0.2) is 18.0 Å². The zero-order valence-electron chi connectivity index (χ0n) is 8.98. The first kappa shape index (κ1) is 12.3. The Balaban J connectivity index is 2.11. The lowest BCUT2D eigenvalue weighted by atomic mass is 10.1. The van der Waals surface area contributed by atoms with Gasteiger partial charge in [-0.25, -0.2) is 4.39 Å². The first-order valence-electron chi connectivity index (χ1n) is 5.53. The van der Waals surface area contributed by atoms with E-state index < -0.39 is 0 Å². The minimum absolute atomic E-state index is 0.189. The molecule has 0 atom stereocenters. The zero-order chi connectivity index (χ0) is 11.5. The van der Waals surface area contributed by atoms with Gasteiger partial charge in [0.15, 0.2) is 0 Å². The van der Waals surface area contributed by atoms with Gasteiger partial charge in [0, 0.05) is 16.6 Å². The Morgan fingerprint density at radius 3 is 2.62 bits per heavy atom. The van der Waals surface area contributed by atoms with E-state index in [0.29, 0.717) is 16.6 Å². The molecule has 0 bridgehead atoms. The molecule has 0 saturated carbocycles. The lowest BCUT2D eigenvalue weighted by Gasteiger charge is -2.26. The summed E-state index contributed by atoms with van der Waals surface area (Å²) >= 11 is 9.08. The second-order valence-corrected chi connectivity index (χ2v) is 5.40. The first-order chi connectivity index (χ1) is 7.68. The predicted octanol–water partition coefficient (Wildman–Crippen LogP) is 4.23. The van der Waals surface area contributed by atoms with Crippen LogP contribution in [0.5, 0.6) is 0 Å². The van der Waals surface area contributed by atoms with E-state index in [1.54, 1.807) is 6.07 Å². The maximum atomic E-state index is 13.8. The molecule has 0 unspecified atom stereocenters. The first-order valence-corrected chi connectivity index (χ1v) is 6.70. The highest BCUT2D eigenvalue weighted by Gasteiger charge is 2.15. The van der Waals surface area contributed by atoms with E-state index in [1.165, 1.54) is 19.3 Å². The van der Waals surface area contributed by atoms with Crippen LogP contribution in [0.3, 0.4) is 0 Å². The SMILES string of the molecule is Fc1c(CN2CCCCC2)ccc(Br)c1Cl. The third kappa shape index (κ3) is 2.76. The Morgan fingerprint density at radius 1 is 1.25 bits per heavy atom. The average Bonchev–Trinajstić information content (AvgIpc) is 2.31. The van der Waals surface area contributed by atoms with Crippen molar-refractivity contribution in [2.75, 3.05) is 13.1 Å². The molecule has 1 aliphatic rings. The maximum Gasteiger partial charge on any atom is 0.147 e. The molecular weight excluding hydrogens is 292 g/mol. The Bertz CT molecular complexity index is 378. The maximum absolute atomic E-state index is 13.8. The molecule has 1 heterocycles. The van der Waals surface area contributed by atoms with Crippen molar-refractivity contribution >= 4 is 27.5 Å². The van der Waals surface area contributed by atoms with Crippen LogP contribution in [0.4, 0.5) is 4.39 Å². The summed E-state index contributed by atoms with van der Waals surface area (Å²) in [7, 11) is 0. The quantitative estimate of drug-likeness (QED) is 0.739. The summed E-state index contributed by atoms with van der Waals surface area (Å²) in [6, 6.07) is 3.62. The van der Waals surface area contributed by atoms with E-state index in [9.17, 15) is 4.39 Å². The number of hydrogen-bond donors (Lipinski definition) is 0. The Kier molecular flexibility index (Phi) is 4.22. The fraction of sp³-hybridized carbons (Fsp3) is 0.500. The molecule has 0 aromatic heterocycles. The lowest BCUT2D eigenvalue weighted by molar-refractivity contribution is 0.218. The summed E-state index contributed by atoms with van der Waals surface area (Å²) in [5.41, 5.74) is 0.690. The number of nitrogens with zero attached hydrogens (tertiary/aromatic N) is 1. The number of hydrogen-bond acceptors (Lipinski definition) is 1. The Hall–Kier alpha value is -0.120. The monoisotopic (exact) mass is 305 g/mol. The van der Waals surface area contributed by atoms with E-state index >= 15 is 0 Å². The van der Waals surface area contributed by atoms with Crippen LogP contribution in [0.2, 0.25) is 5.02 Å². The summed E-state index contributed by atoms with van der Waals surface area (Å²) in [6.45, 7) is 2.79. The van der Waals surface area contributed by atoms with Gasteiger partial charge in [0.25, 0.3) is 0 Å². The van der Waals surface area contributed by atoms with Crippen molar-refractivity contribution in [1.82, 2.24) is 4.90 Å². The van der Waals surface area contributed by atoms with Gasteiger partial charge in [-0.15, -0.1) is 0 Å².